The molecular formula is C16H16ClN5O3S. The zero-order valence-electron chi connectivity index (χ0n) is 13.6. The number of hydrogen-bond acceptors (Lipinski definition) is 6. The third kappa shape index (κ3) is 4.44. The first-order valence-electron chi connectivity index (χ1n) is 7.71. The van der Waals surface area contributed by atoms with Gasteiger partial charge in [-0.3, -0.25) is 0 Å². The number of nitrogens with zero attached hydrogens (tertiary/aromatic N) is 4. The van der Waals surface area contributed by atoms with Gasteiger partial charge in [-0.2, -0.15) is 4.80 Å². The Morgan fingerprint density at radius 2 is 1.77 bits per heavy atom. The summed E-state index contributed by atoms with van der Waals surface area (Å²) < 4.78 is 26.3. The second kappa shape index (κ2) is 7.92. The third-order valence-corrected chi connectivity index (χ3v) is 5.25. The highest BCUT2D eigenvalue weighted by molar-refractivity contribution is 7.89. The molecule has 10 heteroatoms. The number of halogens is 1. The van der Waals surface area contributed by atoms with Crippen molar-refractivity contribution in [1.29, 1.82) is 0 Å². The topological polar surface area (TPSA) is 110 Å². The molecule has 0 radical (unpaired) electrons. The lowest BCUT2D eigenvalue weighted by molar-refractivity contribution is 0.301. The first-order valence-corrected chi connectivity index (χ1v) is 9.57. The standard InChI is InChI=1S/C16H16ClN5O3S/c17-14-5-1-12(2-6-14)11-22-20-16(19-21-22)13-3-7-15(8-4-13)26(24,25)18-9-10-23/h1-8,18,23H,9-11H2. The maximum atomic E-state index is 12.0. The molecule has 3 aromatic rings. The average Bonchev–Trinajstić information content (AvgIpc) is 3.11. The molecule has 0 saturated heterocycles. The molecule has 1 heterocycles. The van der Waals surface area contributed by atoms with E-state index < -0.39 is 10.0 Å². The SMILES string of the molecule is O=S(=O)(NCCO)c1ccc(-c2nnn(Cc3ccc(Cl)cc3)n2)cc1. The van der Waals surface area contributed by atoms with Crippen LogP contribution >= 0.6 is 11.6 Å². The van der Waals surface area contributed by atoms with Crippen molar-refractivity contribution in [2.24, 2.45) is 0 Å². The minimum absolute atomic E-state index is 0.0370. The van der Waals surface area contributed by atoms with Gasteiger partial charge in [0.1, 0.15) is 0 Å². The number of hydrogen-bond donors (Lipinski definition) is 2. The first kappa shape index (κ1) is 18.5. The zero-order valence-corrected chi connectivity index (χ0v) is 15.2. The molecule has 1 aromatic heterocycles. The Morgan fingerprint density at radius 3 is 2.42 bits per heavy atom. The highest BCUT2D eigenvalue weighted by atomic mass is 35.5. The summed E-state index contributed by atoms with van der Waals surface area (Å²) in [6.07, 6.45) is 0. The van der Waals surface area contributed by atoms with Gasteiger partial charge in [0, 0.05) is 17.1 Å². The van der Waals surface area contributed by atoms with E-state index in [-0.39, 0.29) is 18.0 Å². The van der Waals surface area contributed by atoms with Crippen molar-refractivity contribution < 1.29 is 13.5 Å². The minimum atomic E-state index is -3.64. The van der Waals surface area contributed by atoms with Gasteiger partial charge in [-0.05, 0) is 47.2 Å². The van der Waals surface area contributed by atoms with Gasteiger partial charge in [-0.15, -0.1) is 10.2 Å². The van der Waals surface area contributed by atoms with Crippen molar-refractivity contribution in [3.05, 3.63) is 59.1 Å². The van der Waals surface area contributed by atoms with E-state index in [4.69, 9.17) is 16.7 Å². The van der Waals surface area contributed by atoms with Crippen molar-refractivity contribution in [3.8, 4) is 11.4 Å². The van der Waals surface area contributed by atoms with E-state index in [1.54, 1.807) is 24.3 Å². The van der Waals surface area contributed by atoms with Gasteiger partial charge in [-0.25, -0.2) is 13.1 Å². The molecule has 0 atom stereocenters. The van der Waals surface area contributed by atoms with Crippen molar-refractivity contribution in [2.45, 2.75) is 11.4 Å². The summed E-state index contributed by atoms with van der Waals surface area (Å²) in [7, 11) is -3.64. The summed E-state index contributed by atoms with van der Waals surface area (Å²) in [6, 6.07) is 13.5. The van der Waals surface area contributed by atoms with E-state index in [1.165, 1.54) is 16.9 Å². The van der Waals surface area contributed by atoms with Crippen LogP contribution in [0.2, 0.25) is 5.02 Å². The summed E-state index contributed by atoms with van der Waals surface area (Å²) in [6.45, 7) is 0.143. The highest BCUT2D eigenvalue weighted by Gasteiger charge is 2.14. The van der Waals surface area contributed by atoms with Gasteiger partial charge in [0.15, 0.2) is 0 Å². The second-order valence-electron chi connectivity index (χ2n) is 5.42. The summed E-state index contributed by atoms with van der Waals surface area (Å²) in [4.78, 5) is 1.55. The summed E-state index contributed by atoms with van der Waals surface area (Å²) in [5, 5.41) is 21.7. The Hall–Kier alpha value is -2.33. The van der Waals surface area contributed by atoms with Gasteiger partial charge in [0.05, 0.1) is 18.0 Å². The fourth-order valence-corrected chi connectivity index (χ4v) is 3.37. The lowest BCUT2D eigenvalue weighted by Gasteiger charge is -2.05. The normalized spacial score (nSPS) is 11.6. The van der Waals surface area contributed by atoms with E-state index in [9.17, 15) is 8.42 Å². The van der Waals surface area contributed by atoms with Crippen LogP contribution < -0.4 is 4.72 Å². The molecule has 26 heavy (non-hydrogen) atoms. The largest absolute Gasteiger partial charge is 0.395 e. The van der Waals surface area contributed by atoms with E-state index >= 15 is 0 Å². The average molecular weight is 394 g/mol. The monoisotopic (exact) mass is 393 g/mol. The Bertz CT molecular complexity index is 972. The number of aliphatic hydroxyl groups excluding tert-OH is 1. The van der Waals surface area contributed by atoms with Crippen molar-refractivity contribution in [1.82, 2.24) is 24.9 Å². The fraction of sp³-hybridized carbons (Fsp3) is 0.188. The number of nitrogens with one attached hydrogen (secondary N) is 1. The van der Waals surface area contributed by atoms with E-state index in [0.717, 1.165) is 5.56 Å². The quantitative estimate of drug-likeness (QED) is 0.626. The van der Waals surface area contributed by atoms with Crippen molar-refractivity contribution in [2.75, 3.05) is 13.2 Å². The van der Waals surface area contributed by atoms with Gasteiger partial charge >= 0.3 is 0 Å². The molecule has 0 aliphatic heterocycles. The molecular weight excluding hydrogens is 378 g/mol. The maximum Gasteiger partial charge on any atom is 0.240 e. The molecule has 3 rings (SSSR count). The number of rotatable bonds is 7. The molecule has 0 aliphatic carbocycles. The Morgan fingerprint density at radius 1 is 1.08 bits per heavy atom. The Kier molecular flexibility index (Phi) is 5.62. The minimum Gasteiger partial charge on any atom is -0.395 e. The molecule has 0 aliphatic rings. The summed E-state index contributed by atoms with van der Waals surface area (Å²) >= 11 is 5.86. The van der Waals surface area contributed by atoms with Crippen LogP contribution in [0.25, 0.3) is 11.4 Å². The molecule has 136 valence electrons. The molecule has 0 fully saturated rings. The van der Waals surface area contributed by atoms with Gasteiger partial charge in [0.2, 0.25) is 15.8 Å². The van der Waals surface area contributed by atoms with Crippen LogP contribution in [0.15, 0.2) is 53.4 Å². The third-order valence-electron chi connectivity index (χ3n) is 3.52. The number of aromatic nitrogens is 4. The molecule has 0 amide bonds. The summed E-state index contributed by atoms with van der Waals surface area (Å²) in [5.74, 6) is 0.395. The molecule has 8 nitrogen and oxygen atoms in total. The molecule has 0 unspecified atom stereocenters. The van der Waals surface area contributed by atoms with Crippen LogP contribution in [0.5, 0.6) is 0 Å². The molecule has 0 spiro atoms. The number of tetrazole rings is 1. The van der Waals surface area contributed by atoms with Gasteiger partial charge < -0.3 is 5.11 Å². The van der Waals surface area contributed by atoms with E-state index in [2.05, 4.69) is 20.1 Å². The fourth-order valence-electron chi connectivity index (χ4n) is 2.23. The van der Waals surface area contributed by atoms with Crippen LogP contribution in [0.1, 0.15) is 5.56 Å². The Balaban J connectivity index is 1.74. The van der Waals surface area contributed by atoms with Gasteiger partial charge in [0.25, 0.3) is 0 Å². The number of aliphatic hydroxyl groups is 1. The van der Waals surface area contributed by atoms with Crippen molar-refractivity contribution in [3.63, 3.8) is 0 Å². The van der Waals surface area contributed by atoms with Crippen LogP contribution in [0, 0.1) is 0 Å². The number of sulfonamides is 1. The zero-order chi connectivity index (χ0) is 18.6. The second-order valence-corrected chi connectivity index (χ2v) is 7.62. The predicted molar refractivity (Wildman–Crippen MR) is 96.1 cm³/mol. The van der Waals surface area contributed by atoms with Crippen LogP contribution in [-0.2, 0) is 16.6 Å². The van der Waals surface area contributed by atoms with Gasteiger partial charge in [-0.1, -0.05) is 23.7 Å². The molecule has 2 N–H and O–H groups in total. The van der Waals surface area contributed by atoms with Crippen LogP contribution in [-0.4, -0.2) is 46.9 Å². The molecule has 0 saturated carbocycles. The van der Waals surface area contributed by atoms with Crippen LogP contribution in [0.4, 0.5) is 0 Å². The van der Waals surface area contributed by atoms with Crippen molar-refractivity contribution >= 4 is 21.6 Å². The van der Waals surface area contributed by atoms with Crippen LogP contribution in [0.3, 0.4) is 0 Å². The predicted octanol–water partition coefficient (Wildman–Crippen LogP) is 1.31. The van der Waals surface area contributed by atoms with E-state index in [1.807, 2.05) is 12.1 Å². The lowest BCUT2D eigenvalue weighted by Crippen LogP contribution is -2.26. The lowest BCUT2D eigenvalue weighted by atomic mass is 10.2. The maximum absolute atomic E-state index is 12.0. The number of benzene rings is 2. The first-order chi connectivity index (χ1) is 12.5. The summed E-state index contributed by atoms with van der Waals surface area (Å²) in [5.41, 5.74) is 1.63. The molecule has 0 bridgehead atoms. The Labute approximate surface area is 155 Å². The highest BCUT2D eigenvalue weighted by Crippen LogP contribution is 2.17. The van der Waals surface area contributed by atoms with E-state index in [0.29, 0.717) is 23.0 Å². The molecule has 2 aromatic carbocycles. The smallest absolute Gasteiger partial charge is 0.240 e.